The molecule has 2 N–H and O–H groups in total. The molecular formula is C12H17N3O2. The summed E-state index contributed by atoms with van der Waals surface area (Å²) in [7, 11) is 0. The van der Waals surface area contributed by atoms with Gasteiger partial charge in [-0.25, -0.2) is 9.97 Å². The molecule has 1 unspecified atom stereocenters. The summed E-state index contributed by atoms with van der Waals surface area (Å²) in [4.78, 5) is 20.1. The Hall–Kier alpha value is -1.49. The molecule has 1 saturated carbocycles. The van der Waals surface area contributed by atoms with E-state index in [4.69, 9.17) is 5.11 Å². The van der Waals surface area contributed by atoms with Crippen LogP contribution in [-0.2, 0) is 0 Å². The number of amides is 1. The third kappa shape index (κ3) is 3.49. The number of hydrogen-bond acceptors (Lipinski definition) is 4. The van der Waals surface area contributed by atoms with E-state index in [0.717, 1.165) is 18.7 Å². The average molecular weight is 235 g/mol. The van der Waals surface area contributed by atoms with Crippen molar-refractivity contribution in [2.45, 2.75) is 38.2 Å². The van der Waals surface area contributed by atoms with Gasteiger partial charge in [-0.15, -0.1) is 0 Å². The molecule has 1 fully saturated rings. The molecule has 92 valence electrons. The van der Waals surface area contributed by atoms with E-state index in [0.29, 0.717) is 24.6 Å². The minimum atomic E-state index is -0.400. The van der Waals surface area contributed by atoms with Crippen LogP contribution in [0.15, 0.2) is 12.3 Å². The van der Waals surface area contributed by atoms with Crippen LogP contribution in [0.4, 0.5) is 0 Å². The smallest absolute Gasteiger partial charge is 0.270 e. The molecule has 0 spiro atoms. The normalized spacial score (nSPS) is 16.6. The van der Waals surface area contributed by atoms with Crippen molar-refractivity contribution in [3.05, 3.63) is 23.8 Å². The number of aromatic nitrogens is 2. The van der Waals surface area contributed by atoms with Crippen LogP contribution in [0.25, 0.3) is 0 Å². The second-order valence-corrected chi connectivity index (χ2v) is 4.47. The topological polar surface area (TPSA) is 75.1 Å². The summed E-state index contributed by atoms with van der Waals surface area (Å²) in [5.74, 6) is 1.02. The molecule has 1 aliphatic rings. The summed E-state index contributed by atoms with van der Waals surface area (Å²) >= 11 is 0. The van der Waals surface area contributed by atoms with Crippen LogP contribution in [0.5, 0.6) is 0 Å². The lowest BCUT2D eigenvalue weighted by Gasteiger charge is -2.06. The Labute approximate surface area is 100 Å². The zero-order valence-corrected chi connectivity index (χ0v) is 9.89. The molecule has 1 amide bonds. The Morgan fingerprint density at radius 3 is 3.06 bits per heavy atom. The fourth-order valence-corrected chi connectivity index (χ4v) is 1.52. The largest absolute Gasteiger partial charge is 0.393 e. The van der Waals surface area contributed by atoms with Gasteiger partial charge in [0.1, 0.15) is 11.5 Å². The Morgan fingerprint density at radius 1 is 1.65 bits per heavy atom. The number of aliphatic hydroxyl groups excluding tert-OH is 1. The maximum Gasteiger partial charge on any atom is 0.270 e. The molecule has 1 aromatic rings. The molecule has 0 aliphatic heterocycles. The monoisotopic (exact) mass is 235 g/mol. The predicted molar refractivity (Wildman–Crippen MR) is 62.6 cm³/mol. The van der Waals surface area contributed by atoms with Gasteiger partial charge < -0.3 is 10.4 Å². The van der Waals surface area contributed by atoms with Gasteiger partial charge >= 0.3 is 0 Å². The molecule has 0 radical (unpaired) electrons. The molecule has 1 aromatic heterocycles. The summed E-state index contributed by atoms with van der Waals surface area (Å²) in [5, 5.41) is 11.8. The van der Waals surface area contributed by atoms with Crippen LogP contribution in [0, 0.1) is 0 Å². The van der Waals surface area contributed by atoms with E-state index in [1.54, 1.807) is 19.2 Å². The van der Waals surface area contributed by atoms with Gasteiger partial charge in [0.2, 0.25) is 0 Å². The van der Waals surface area contributed by atoms with Gasteiger partial charge in [0.25, 0.3) is 5.91 Å². The lowest BCUT2D eigenvalue weighted by atomic mass is 10.3. The van der Waals surface area contributed by atoms with Crippen molar-refractivity contribution in [1.82, 2.24) is 15.3 Å². The fourth-order valence-electron chi connectivity index (χ4n) is 1.52. The van der Waals surface area contributed by atoms with E-state index in [2.05, 4.69) is 15.3 Å². The van der Waals surface area contributed by atoms with Crippen LogP contribution in [0.2, 0.25) is 0 Å². The number of carbonyl (C=O) groups is 1. The van der Waals surface area contributed by atoms with Crippen LogP contribution >= 0.6 is 0 Å². The van der Waals surface area contributed by atoms with E-state index < -0.39 is 6.10 Å². The van der Waals surface area contributed by atoms with Crippen LogP contribution < -0.4 is 5.32 Å². The first-order valence-corrected chi connectivity index (χ1v) is 5.96. The molecule has 0 bridgehead atoms. The van der Waals surface area contributed by atoms with Crippen LogP contribution in [0.1, 0.15) is 48.4 Å². The van der Waals surface area contributed by atoms with Crippen molar-refractivity contribution in [3.8, 4) is 0 Å². The van der Waals surface area contributed by atoms with E-state index in [1.807, 2.05) is 0 Å². The molecule has 1 atom stereocenters. The zero-order valence-electron chi connectivity index (χ0n) is 9.89. The molecule has 1 heterocycles. The third-order valence-electron chi connectivity index (χ3n) is 2.70. The number of carbonyl (C=O) groups excluding carboxylic acids is 1. The summed E-state index contributed by atoms with van der Waals surface area (Å²) < 4.78 is 0. The second-order valence-electron chi connectivity index (χ2n) is 4.47. The van der Waals surface area contributed by atoms with Gasteiger partial charge in [-0.1, -0.05) is 0 Å². The fraction of sp³-hybridized carbons (Fsp3) is 0.583. The maximum atomic E-state index is 11.7. The minimum Gasteiger partial charge on any atom is -0.393 e. The first-order chi connectivity index (χ1) is 8.16. The van der Waals surface area contributed by atoms with Gasteiger partial charge in [-0.05, 0) is 32.3 Å². The number of rotatable bonds is 5. The molecule has 0 saturated heterocycles. The lowest BCUT2D eigenvalue weighted by molar-refractivity contribution is 0.0940. The second kappa shape index (κ2) is 5.23. The number of nitrogens with one attached hydrogen (secondary N) is 1. The first kappa shape index (κ1) is 12.0. The quantitative estimate of drug-likeness (QED) is 0.793. The maximum absolute atomic E-state index is 11.7. The van der Waals surface area contributed by atoms with E-state index in [9.17, 15) is 4.79 Å². The lowest BCUT2D eigenvalue weighted by Crippen LogP contribution is -2.27. The number of nitrogens with zero attached hydrogens (tertiary/aromatic N) is 2. The molecular weight excluding hydrogens is 218 g/mol. The summed E-state index contributed by atoms with van der Waals surface area (Å²) in [6.45, 7) is 2.15. The highest BCUT2D eigenvalue weighted by Crippen LogP contribution is 2.37. The van der Waals surface area contributed by atoms with Gasteiger partial charge in [0.15, 0.2) is 0 Å². The number of aliphatic hydroxyl groups is 1. The predicted octanol–water partition coefficient (Wildman–Crippen LogP) is 0.855. The highest BCUT2D eigenvalue weighted by Gasteiger charge is 2.27. The van der Waals surface area contributed by atoms with Crippen molar-refractivity contribution >= 4 is 5.91 Å². The van der Waals surface area contributed by atoms with Crippen LogP contribution in [-0.4, -0.2) is 33.6 Å². The van der Waals surface area contributed by atoms with E-state index in [1.165, 1.54) is 0 Å². The Bertz CT molecular complexity index is 402. The van der Waals surface area contributed by atoms with Crippen molar-refractivity contribution < 1.29 is 9.90 Å². The molecule has 5 heteroatoms. The molecule has 0 aromatic carbocycles. The molecule has 17 heavy (non-hydrogen) atoms. The third-order valence-corrected chi connectivity index (χ3v) is 2.70. The van der Waals surface area contributed by atoms with Gasteiger partial charge in [-0.2, -0.15) is 0 Å². The molecule has 1 aliphatic carbocycles. The van der Waals surface area contributed by atoms with Gasteiger partial charge in [-0.3, -0.25) is 4.79 Å². The first-order valence-electron chi connectivity index (χ1n) is 5.96. The summed E-state index contributed by atoms with van der Waals surface area (Å²) in [6, 6.07) is 1.61. The van der Waals surface area contributed by atoms with Crippen molar-refractivity contribution in [1.29, 1.82) is 0 Å². The Kier molecular flexibility index (Phi) is 3.68. The number of hydrogen-bond donors (Lipinski definition) is 2. The van der Waals surface area contributed by atoms with Crippen molar-refractivity contribution in [2.75, 3.05) is 6.54 Å². The highest BCUT2D eigenvalue weighted by atomic mass is 16.3. The van der Waals surface area contributed by atoms with E-state index >= 15 is 0 Å². The summed E-state index contributed by atoms with van der Waals surface area (Å²) in [6.07, 6.45) is 4.01. The Balaban J connectivity index is 1.91. The van der Waals surface area contributed by atoms with E-state index in [-0.39, 0.29) is 5.91 Å². The standard InChI is InChI=1S/C12H17N3O2/c1-8(16)4-6-14-12(17)10-5-7-13-11(15-10)9-2-3-9/h5,7-9,16H,2-4,6H2,1H3,(H,14,17). The average Bonchev–Trinajstić information content (AvgIpc) is 3.12. The summed E-state index contributed by atoms with van der Waals surface area (Å²) in [5.41, 5.74) is 0.410. The minimum absolute atomic E-state index is 0.199. The Morgan fingerprint density at radius 2 is 2.41 bits per heavy atom. The van der Waals surface area contributed by atoms with Crippen LogP contribution in [0.3, 0.4) is 0 Å². The van der Waals surface area contributed by atoms with Crippen molar-refractivity contribution in [2.24, 2.45) is 0 Å². The van der Waals surface area contributed by atoms with Crippen molar-refractivity contribution in [3.63, 3.8) is 0 Å². The molecule has 2 rings (SSSR count). The van der Waals surface area contributed by atoms with Gasteiger partial charge in [0, 0.05) is 18.7 Å². The molecule has 5 nitrogen and oxygen atoms in total. The van der Waals surface area contributed by atoms with Gasteiger partial charge in [0.05, 0.1) is 6.10 Å². The highest BCUT2D eigenvalue weighted by molar-refractivity contribution is 5.92. The SMILES string of the molecule is CC(O)CCNC(=O)c1ccnc(C2CC2)n1. The zero-order chi connectivity index (χ0) is 12.3.